The maximum Gasteiger partial charge on any atom is 0.404 e. The van der Waals surface area contributed by atoms with Crippen molar-refractivity contribution in [2.24, 2.45) is 5.73 Å². The van der Waals surface area contributed by atoms with Gasteiger partial charge in [-0.15, -0.1) is 0 Å². The summed E-state index contributed by atoms with van der Waals surface area (Å²) in [6.45, 7) is 1.32. The Morgan fingerprint density at radius 3 is 2.94 bits per heavy atom. The molecule has 17 heavy (non-hydrogen) atoms. The number of methoxy groups -OCH3 is 1. The normalized spacial score (nSPS) is 10.0. The number of carbonyl (C=O) groups excluding carboxylic acids is 1. The first-order valence-electron chi connectivity index (χ1n) is 5.09. The van der Waals surface area contributed by atoms with E-state index < -0.39 is 6.09 Å². The van der Waals surface area contributed by atoms with Crippen LogP contribution in [0.1, 0.15) is 5.56 Å². The molecular formula is C11H15ClN2O3. The molecule has 0 bridgehead atoms. The first-order chi connectivity index (χ1) is 8.13. The van der Waals surface area contributed by atoms with E-state index in [2.05, 4.69) is 10.1 Å². The third-order valence-electron chi connectivity index (χ3n) is 2.08. The van der Waals surface area contributed by atoms with Gasteiger partial charge >= 0.3 is 6.09 Å². The second kappa shape index (κ2) is 6.98. The van der Waals surface area contributed by atoms with Gasteiger partial charge in [0.25, 0.3) is 0 Å². The molecule has 5 nitrogen and oxygen atoms in total. The van der Waals surface area contributed by atoms with Crippen LogP contribution in [0.15, 0.2) is 18.2 Å². The van der Waals surface area contributed by atoms with Crippen LogP contribution in [-0.4, -0.2) is 26.4 Å². The van der Waals surface area contributed by atoms with Crippen LogP contribution in [0.2, 0.25) is 5.02 Å². The number of benzene rings is 1. The van der Waals surface area contributed by atoms with E-state index in [1.54, 1.807) is 19.2 Å². The van der Waals surface area contributed by atoms with Crippen molar-refractivity contribution >= 4 is 17.7 Å². The molecule has 0 aliphatic heterocycles. The van der Waals surface area contributed by atoms with Crippen LogP contribution in [0, 0.1) is 0 Å². The van der Waals surface area contributed by atoms with E-state index in [0.717, 1.165) is 11.3 Å². The minimum absolute atomic E-state index is 0.234. The molecule has 3 N–H and O–H groups in total. The van der Waals surface area contributed by atoms with E-state index in [1.165, 1.54) is 0 Å². The Bertz CT molecular complexity index is 385. The highest BCUT2D eigenvalue weighted by atomic mass is 35.5. The van der Waals surface area contributed by atoms with E-state index in [1.807, 2.05) is 6.07 Å². The lowest BCUT2D eigenvalue weighted by Crippen LogP contribution is -2.23. The van der Waals surface area contributed by atoms with Crippen molar-refractivity contribution in [3.8, 4) is 5.75 Å². The van der Waals surface area contributed by atoms with E-state index in [0.29, 0.717) is 18.1 Å². The Morgan fingerprint density at radius 1 is 1.53 bits per heavy atom. The van der Waals surface area contributed by atoms with E-state index in [9.17, 15) is 4.79 Å². The Morgan fingerprint density at radius 2 is 2.29 bits per heavy atom. The summed E-state index contributed by atoms with van der Waals surface area (Å²) in [6.07, 6.45) is -0.771. The topological polar surface area (TPSA) is 73.6 Å². The molecule has 0 saturated heterocycles. The zero-order chi connectivity index (χ0) is 12.7. The van der Waals surface area contributed by atoms with Crippen LogP contribution >= 0.6 is 11.6 Å². The molecule has 1 amide bonds. The van der Waals surface area contributed by atoms with Gasteiger partial charge in [0.1, 0.15) is 12.4 Å². The van der Waals surface area contributed by atoms with E-state index in [-0.39, 0.29) is 6.61 Å². The van der Waals surface area contributed by atoms with Gasteiger partial charge < -0.3 is 20.5 Å². The number of carbonyl (C=O) groups is 1. The summed E-state index contributed by atoms with van der Waals surface area (Å²) in [4.78, 5) is 10.3. The lowest BCUT2D eigenvalue weighted by molar-refractivity contribution is 0.157. The molecule has 0 fully saturated rings. The lowest BCUT2D eigenvalue weighted by Gasteiger charge is -2.10. The van der Waals surface area contributed by atoms with Crippen LogP contribution in [0.5, 0.6) is 5.75 Å². The summed E-state index contributed by atoms with van der Waals surface area (Å²) in [6, 6.07) is 5.39. The molecular weight excluding hydrogens is 244 g/mol. The maximum atomic E-state index is 10.3. The van der Waals surface area contributed by atoms with Crippen molar-refractivity contribution in [1.29, 1.82) is 0 Å². The molecule has 1 rings (SSSR count). The third kappa shape index (κ3) is 4.93. The summed E-state index contributed by atoms with van der Waals surface area (Å²) < 4.78 is 9.77. The molecule has 0 aliphatic rings. The number of rotatable bonds is 6. The molecule has 0 heterocycles. The first-order valence-corrected chi connectivity index (χ1v) is 5.46. The smallest absolute Gasteiger partial charge is 0.404 e. The Hall–Kier alpha value is -1.46. The number of halogens is 1. The number of hydrogen-bond donors (Lipinski definition) is 2. The number of nitrogens with one attached hydrogen (secondary N) is 1. The Labute approximate surface area is 105 Å². The van der Waals surface area contributed by atoms with Gasteiger partial charge in [0.15, 0.2) is 0 Å². The van der Waals surface area contributed by atoms with Crippen molar-refractivity contribution in [2.45, 2.75) is 6.54 Å². The van der Waals surface area contributed by atoms with Crippen molar-refractivity contribution < 1.29 is 14.3 Å². The first kappa shape index (κ1) is 13.6. The van der Waals surface area contributed by atoms with Crippen LogP contribution in [0.3, 0.4) is 0 Å². The van der Waals surface area contributed by atoms with Crippen LogP contribution in [-0.2, 0) is 11.3 Å². The predicted octanol–water partition coefficient (Wildman–Crippen LogP) is 1.53. The maximum absolute atomic E-state index is 10.3. The van der Waals surface area contributed by atoms with Crippen molar-refractivity contribution in [2.75, 3.05) is 20.3 Å². The van der Waals surface area contributed by atoms with Gasteiger partial charge in [0.05, 0.1) is 7.11 Å². The molecule has 1 aromatic rings. The minimum atomic E-state index is -0.771. The minimum Gasteiger partial charge on any atom is -0.496 e. The van der Waals surface area contributed by atoms with Gasteiger partial charge in [-0.25, -0.2) is 4.79 Å². The fourth-order valence-corrected chi connectivity index (χ4v) is 1.53. The van der Waals surface area contributed by atoms with Crippen molar-refractivity contribution in [3.63, 3.8) is 0 Å². The highest BCUT2D eigenvalue weighted by molar-refractivity contribution is 6.30. The molecule has 0 aromatic heterocycles. The molecule has 1 aromatic carbocycles. The zero-order valence-corrected chi connectivity index (χ0v) is 10.3. The highest BCUT2D eigenvalue weighted by Gasteiger charge is 2.03. The molecule has 0 aliphatic carbocycles. The van der Waals surface area contributed by atoms with Gasteiger partial charge in [-0.1, -0.05) is 11.6 Å². The number of nitrogens with two attached hydrogens (primary N) is 1. The average Bonchev–Trinajstić information content (AvgIpc) is 2.28. The summed E-state index contributed by atoms with van der Waals surface area (Å²) in [5, 5.41) is 3.74. The third-order valence-corrected chi connectivity index (χ3v) is 2.32. The molecule has 94 valence electrons. The van der Waals surface area contributed by atoms with Gasteiger partial charge in [-0.2, -0.15) is 0 Å². The van der Waals surface area contributed by atoms with Gasteiger partial charge in [-0.05, 0) is 18.2 Å². The monoisotopic (exact) mass is 258 g/mol. The summed E-state index contributed by atoms with van der Waals surface area (Å²) in [7, 11) is 1.60. The fourth-order valence-electron chi connectivity index (χ4n) is 1.33. The number of amides is 1. The number of hydrogen-bond acceptors (Lipinski definition) is 4. The SMILES string of the molecule is COc1ccc(Cl)cc1CNCCOC(N)=O. The quantitative estimate of drug-likeness (QED) is 0.759. The van der Waals surface area contributed by atoms with Gasteiger partial charge in [-0.3, -0.25) is 0 Å². The second-order valence-corrected chi connectivity index (χ2v) is 3.74. The van der Waals surface area contributed by atoms with E-state index >= 15 is 0 Å². The lowest BCUT2D eigenvalue weighted by atomic mass is 10.2. The predicted molar refractivity (Wildman–Crippen MR) is 65.2 cm³/mol. The van der Waals surface area contributed by atoms with Crippen LogP contribution in [0.25, 0.3) is 0 Å². The largest absolute Gasteiger partial charge is 0.496 e. The standard InChI is InChI=1S/C11H15ClN2O3/c1-16-10-3-2-9(12)6-8(10)7-14-4-5-17-11(13)15/h2-3,6,14H,4-5,7H2,1H3,(H2,13,15). The molecule has 0 atom stereocenters. The average molecular weight is 259 g/mol. The Kier molecular flexibility index (Phi) is 5.59. The van der Waals surface area contributed by atoms with Gasteiger partial charge in [0, 0.05) is 23.7 Å². The van der Waals surface area contributed by atoms with Crippen LogP contribution in [0.4, 0.5) is 4.79 Å². The molecule has 0 unspecified atom stereocenters. The highest BCUT2D eigenvalue weighted by Crippen LogP contribution is 2.22. The van der Waals surface area contributed by atoms with Crippen molar-refractivity contribution in [1.82, 2.24) is 5.32 Å². The fraction of sp³-hybridized carbons (Fsp3) is 0.364. The number of ether oxygens (including phenoxy) is 2. The van der Waals surface area contributed by atoms with Crippen LogP contribution < -0.4 is 15.8 Å². The molecule has 0 radical (unpaired) electrons. The second-order valence-electron chi connectivity index (χ2n) is 3.30. The summed E-state index contributed by atoms with van der Waals surface area (Å²) in [5.41, 5.74) is 5.77. The van der Waals surface area contributed by atoms with Crippen molar-refractivity contribution in [3.05, 3.63) is 28.8 Å². The summed E-state index contributed by atoms with van der Waals surface area (Å²) in [5.74, 6) is 0.762. The molecule has 6 heteroatoms. The number of primary amides is 1. The molecule has 0 spiro atoms. The van der Waals surface area contributed by atoms with Gasteiger partial charge in [0.2, 0.25) is 0 Å². The zero-order valence-electron chi connectivity index (χ0n) is 9.53. The summed E-state index contributed by atoms with van der Waals surface area (Å²) >= 11 is 5.89. The van der Waals surface area contributed by atoms with E-state index in [4.69, 9.17) is 22.1 Å². The molecule has 0 saturated carbocycles. The Balaban J connectivity index is 2.40.